The van der Waals surface area contributed by atoms with Gasteiger partial charge in [0.05, 0.1) is 18.3 Å². The molecule has 1 heterocycles. The molecule has 1 aliphatic rings. The summed E-state index contributed by atoms with van der Waals surface area (Å²) < 4.78 is 5.64. The van der Waals surface area contributed by atoms with Crippen molar-refractivity contribution < 1.29 is 9.84 Å². The summed E-state index contributed by atoms with van der Waals surface area (Å²) >= 11 is 0. The van der Waals surface area contributed by atoms with E-state index >= 15 is 0 Å². The summed E-state index contributed by atoms with van der Waals surface area (Å²) in [5.41, 5.74) is 2.32. The van der Waals surface area contributed by atoms with E-state index in [0.717, 1.165) is 11.4 Å². The van der Waals surface area contributed by atoms with Crippen LogP contribution in [0.1, 0.15) is 12.5 Å². The molecular weight excluding hydrogens is 190 g/mol. The Balaban J connectivity index is 2.36. The summed E-state index contributed by atoms with van der Waals surface area (Å²) in [5.74, 6) is 0.923. The minimum absolute atomic E-state index is 0.178. The average Bonchev–Trinajstić information content (AvgIpc) is 2.23. The molecule has 0 saturated carbocycles. The van der Waals surface area contributed by atoms with E-state index in [1.165, 1.54) is 5.56 Å². The Hall–Kier alpha value is -1.22. The fraction of sp³-hybridized carbons (Fsp3) is 0.500. The van der Waals surface area contributed by atoms with Crippen LogP contribution >= 0.6 is 0 Å². The number of anilines is 1. The van der Waals surface area contributed by atoms with Gasteiger partial charge in [-0.15, -0.1) is 0 Å². The first kappa shape index (κ1) is 10.3. The molecule has 0 spiro atoms. The largest absolute Gasteiger partial charge is 0.489 e. The maximum Gasteiger partial charge on any atom is 0.142 e. The lowest BCUT2D eigenvalue weighted by molar-refractivity contribution is 0.250. The Morgan fingerprint density at radius 1 is 1.53 bits per heavy atom. The van der Waals surface area contributed by atoms with Crippen molar-refractivity contribution in [2.45, 2.75) is 19.9 Å². The first-order valence-electron chi connectivity index (χ1n) is 5.33. The molecule has 0 amide bonds. The van der Waals surface area contributed by atoms with Gasteiger partial charge in [-0.05, 0) is 31.5 Å². The zero-order chi connectivity index (χ0) is 10.8. The molecule has 82 valence electrons. The highest BCUT2D eigenvalue weighted by atomic mass is 16.5. The molecule has 15 heavy (non-hydrogen) atoms. The highest BCUT2D eigenvalue weighted by Gasteiger charge is 2.23. The molecule has 1 aromatic carbocycles. The summed E-state index contributed by atoms with van der Waals surface area (Å²) in [6.45, 7) is 5.71. The molecule has 1 aliphatic heterocycles. The second kappa shape index (κ2) is 4.11. The lowest BCUT2D eigenvalue weighted by atomic mass is 10.1. The van der Waals surface area contributed by atoms with E-state index in [9.17, 15) is 0 Å². The molecule has 1 aromatic rings. The van der Waals surface area contributed by atoms with Crippen LogP contribution in [0.2, 0.25) is 0 Å². The molecule has 3 heteroatoms. The molecule has 1 N–H and O–H groups in total. The van der Waals surface area contributed by atoms with Crippen LogP contribution in [0.3, 0.4) is 0 Å². The Bertz CT molecular complexity index is 351. The zero-order valence-electron chi connectivity index (χ0n) is 9.23. The quantitative estimate of drug-likeness (QED) is 0.799. The zero-order valence-corrected chi connectivity index (χ0v) is 9.23. The second-order valence-electron chi connectivity index (χ2n) is 4.05. The molecule has 0 aliphatic carbocycles. The maximum absolute atomic E-state index is 9.05. The van der Waals surface area contributed by atoms with Crippen LogP contribution in [0.15, 0.2) is 18.2 Å². The number of β-amino-alcohol motifs (C(OH)–C–C–N with tert-alkyl or cyclic N) is 1. The Labute approximate surface area is 90.3 Å². The summed E-state index contributed by atoms with van der Waals surface area (Å²) in [5, 5.41) is 9.05. The molecule has 1 atom stereocenters. The predicted octanol–water partition coefficient (Wildman–Crippen LogP) is 1.57. The SMILES string of the molecule is Cc1ccc2c(c1)N(CCO)C(C)CO2. The number of hydrogen-bond acceptors (Lipinski definition) is 3. The van der Waals surface area contributed by atoms with Crippen molar-refractivity contribution in [1.82, 2.24) is 0 Å². The first-order valence-corrected chi connectivity index (χ1v) is 5.33. The molecule has 2 rings (SSSR count). The number of aliphatic hydroxyl groups excluding tert-OH is 1. The molecular formula is C12H17NO2. The molecule has 0 bridgehead atoms. The number of benzene rings is 1. The van der Waals surface area contributed by atoms with Crippen molar-refractivity contribution in [3.05, 3.63) is 23.8 Å². The molecule has 0 saturated heterocycles. The number of nitrogens with zero attached hydrogens (tertiary/aromatic N) is 1. The predicted molar refractivity (Wildman–Crippen MR) is 60.6 cm³/mol. The van der Waals surface area contributed by atoms with E-state index in [2.05, 4.69) is 24.8 Å². The van der Waals surface area contributed by atoms with Crippen molar-refractivity contribution >= 4 is 5.69 Å². The van der Waals surface area contributed by atoms with Gasteiger partial charge < -0.3 is 14.7 Å². The third-order valence-corrected chi connectivity index (χ3v) is 2.78. The normalized spacial score (nSPS) is 19.7. The van der Waals surface area contributed by atoms with Gasteiger partial charge in [0, 0.05) is 6.54 Å². The standard InChI is InChI=1S/C12H17NO2/c1-9-3-4-12-11(7-9)13(5-6-14)10(2)8-15-12/h3-4,7,10,14H,5-6,8H2,1-2H3. The van der Waals surface area contributed by atoms with E-state index < -0.39 is 0 Å². The number of aryl methyl sites for hydroxylation is 1. The van der Waals surface area contributed by atoms with Gasteiger partial charge in [-0.2, -0.15) is 0 Å². The highest BCUT2D eigenvalue weighted by Crippen LogP contribution is 2.34. The van der Waals surface area contributed by atoms with Gasteiger partial charge in [-0.1, -0.05) is 6.07 Å². The number of fused-ring (bicyclic) bond motifs is 1. The summed E-state index contributed by atoms with van der Waals surface area (Å²) in [7, 11) is 0. The Kier molecular flexibility index (Phi) is 2.82. The van der Waals surface area contributed by atoms with Crippen LogP contribution in [0, 0.1) is 6.92 Å². The molecule has 0 radical (unpaired) electrons. The minimum Gasteiger partial charge on any atom is -0.489 e. The van der Waals surface area contributed by atoms with Gasteiger partial charge in [0.1, 0.15) is 12.4 Å². The van der Waals surface area contributed by atoms with Gasteiger partial charge in [0.25, 0.3) is 0 Å². The van der Waals surface area contributed by atoms with Crippen molar-refractivity contribution in [3.8, 4) is 5.75 Å². The van der Waals surface area contributed by atoms with E-state index in [-0.39, 0.29) is 6.61 Å². The van der Waals surface area contributed by atoms with Crippen LogP contribution in [0.25, 0.3) is 0 Å². The van der Waals surface area contributed by atoms with Gasteiger partial charge in [-0.3, -0.25) is 0 Å². The smallest absolute Gasteiger partial charge is 0.142 e. The van der Waals surface area contributed by atoms with Gasteiger partial charge >= 0.3 is 0 Å². The lowest BCUT2D eigenvalue weighted by Gasteiger charge is -2.36. The Morgan fingerprint density at radius 2 is 2.33 bits per heavy atom. The van der Waals surface area contributed by atoms with Crippen LogP contribution in [-0.4, -0.2) is 30.9 Å². The third-order valence-electron chi connectivity index (χ3n) is 2.78. The number of rotatable bonds is 2. The number of hydrogen-bond donors (Lipinski definition) is 1. The lowest BCUT2D eigenvalue weighted by Crippen LogP contribution is -2.42. The van der Waals surface area contributed by atoms with E-state index in [1.54, 1.807) is 0 Å². The van der Waals surface area contributed by atoms with Gasteiger partial charge in [-0.25, -0.2) is 0 Å². The van der Waals surface area contributed by atoms with Crippen LogP contribution in [0.4, 0.5) is 5.69 Å². The molecule has 1 unspecified atom stereocenters. The highest BCUT2D eigenvalue weighted by molar-refractivity contribution is 5.62. The van der Waals surface area contributed by atoms with E-state index in [1.807, 2.05) is 12.1 Å². The van der Waals surface area contributed by atoms with Crippen molar-refractivity contribution in [3.63, 3.8) is 0 Å². The minimum atomic E-state index is 0.178. The molecule has 0 fully saturated rings. The third kappa shape index (κ3) is 1.92. The summed E-state index contributed by atoms with van der Waals surface area (Å²) in [6.07, 6.45) is 0. The topological polar surface area (TPSA) is 32.7 Å². The summed E-state index contributed by atoms with van der Waals surface area (Å²) in [4.78, 5) is 2.20. The van der Waals surface area contributed by atoms with Gasteiger partial charge in [0.2, 0.25) is 0 Å². The van der Waals surface area contributed by atoms with Crippen LogP contribution in [-0.2, 0) is 0 Å². The van der Waals surface area contributed by atoms with Crippen molar-refractivity contribution in [2.75, 3.05) is 24.7 Å². The van der Waals surface area contributed by atoms with Crippen molar-refractivity contribution in [1.29, 1.82) is 0 Å². The van der Waals surface area contributed by atoms with Crippen molar-refractivity contribution in [2.24, 2.45) is 0 Å². The number of ether oxygens (including phenoxy) is 1. The Morgan fingerprint density at radius 3 is 3.07 bits per heavy atom. The number of aliphatic hydroxyl groups is 1. The van der Waals surface area contributed by atoms with E-state index in [4.69, 9.17) is 9.84 Å². The molecule has 3 nitrogen and oxygen atoms in total. The fourth-order valence-corrected chi connectivity index (χ4v) is 1.96. The summed E-state index contributed by atoms with van der Waals surface area (Å²) in [6, 6.07) is 6.49. The monoisotopic (exact) mass is 207 g/mol. The maximum atomic E-state index is 9.05. The fourth-order valence-electron chi connectivity index (χ4n) is 1.96. The van der Waals surface area contributed by atoms with Gasteiger partial charge in [0.15, 0.2) is 0 Å². The van der Waals surface area contributed by atoms with Crippen LogP contribution in [0.5, 0.6) is 5.75 Å². The first-order chi connectivity index (χ1) is 7.22. The average molecular weight is 207 g/mol. The molecule has 0 aromatic heterocycles. The second-order valence-corrected chi connectivity index (χ2v) is 4.05. The van der Waals surface area contributed by atoms with E-state index in [0.29, 0.717) is 19.2 Å². The van der Waals surface area contributed by atoms with Crippen LogP contribution < -0.4 is 9.64 Å².